The Kier molecular flexibility index (Phi) is 5.79. The Hall–Kier alpha value is -1.59. The number of benzene rings is 1. The summed E-state index contributed by atoms with van der Waals surface area (Å²) in [5.74, 6) is -0.751. The molecule has 1 unspecified atom stereocenters. The Morgan fingerprint density at radius 3 is 2.74 bits per heavy atom. The maximum absolute atomic E-state index is 11.7. The molecule has 0 saturated carbocycles. The fourth-order valence-electron chi connectivity index (χ4n) is 1.46. The summed E-state index contributed by atoms with van der Waals surface area (Å²) in [5, 5.41) is 2.94. The lowest BCUT2D eigenvalue weighted by molar-refractivity contribution is -0.116. The summed E-state index contributed by atoms with van der Waals surface area (Å²) >= 11 is 5.88. The van der Waals surface area contributed by atoms with Gasteiger partial charge in [-0.2, -0.15) is 0 Å². The van der Waals surface area contributed by atoms with Crippen molar-refractivity contribution >= 4 is 29.2 Å². The van der Waals surface area contributed by atoms with Crippen LogP contribution in [0.2, 0.25) is 5.02 Å². The summed E-state index contributed by atoms with van der Waals surface area (Å²) in [6.07, 6.45) is 0.953. The van der Waals surface area contributed by atoms with Gasteiger partial charge in [0.05, 0.1) is 17.7 Å². The molecule has 19 heavy (non-hydrogen) atoms. The van der Waals surface area contributed by atoms with E-state index in [9.17, 15) is 9.59 Å². The van der Waals surface area contributed by atoms with E-state index in [1.165, 1.54) is 19.2 Å². The maximum atomic E-state index is 11.7. The van der Waals surface area contributed by atoms with Gasteiger partial charge in [-0.25, -0.2) is 4.79 Å². The first-order chi connectivity index (χ1) is 8.97. The maximum Gasteiger partial charge on any atom is 0.339 e. The quantitative estimate of drug-likeness (QED) is 0.812. The van der Waals surface area contributed by atoms with Crippen molar-refractivity contribution < 1.29 is 14.3 Å². The molecular formula is C13H17ClN2O3. The summed E-state index contributed by atoms with van der Waals surface area (Å²) in [6, 6.07) is 4.45. The minimum atomic E-state index is -0.550. The minimum Gasteiger partial charge on any atom is -0.465 e. The second-order valence-corrected chi connectivity index (χ2v) is 4.51. The predicted octanol–water partition coefficient (Wildman–Crippen LogP) is 2.19. The summed E-state index contributed by atoms with van der Waals surface area (Å²) in [7, 11) is 1.27. The summed E-state index contributed by atoms with van der Waals surface area (Å²) in [6.45, 7) is 1.91. The van der Waals surface area contributed by atoms with Crippen molar-refractivity contribution in [2.24, 2.45) is 5.73 Å². The van der Waals surface area contributed by atoms with Crippen LogP contribution in [-0.2, 0) is 9.53 Å². The standard InChI is InChI=1S/C13H17ClN2O3/c1-3-8(15)6-12(17)16-9-4-5-11(14)10(7-9)13(18)19-2/h4-5,7-8H,3,6,15H2,1-2H3,(H,16,17). The fourth-order valence-corrected chi connectivity index (χ4v) is 1.66. The average molecular weight is 285 g/mol. The van der Waals surface area contributed by atoms with Crippen LogP contribution in [-0.4, -0.2) is 25.0 Å². The third-order valence-corrected chi connectivity index (χ3v) is 2.96. The molecule has 0 radical (unpaired) electrons. The Bertz CT molecular complexity index is 477. The second-order valence-electron chi connectivity index (χ2n) is 4.11. The highest BCUT2D eigenvalue weighted by atomic mass is 35.5. The smallest absolute Gasteiger partial charge is 0.339 e. The third-order valence-electron chi connectivity index (χ3n) is 2.63. The van der Waals surface area contributed by atoms with E-state index in [1.54, 1.807) is 6.07 Å². The van der Waals surface area contributed by atoms with E-state index in [0.29, 0.717) is 5.69 Å². The topological polar surface area (TPSA) is 81.4 Å². The van der Waals surface area contributed by atoms with Gasteiger partial charge in [-0.05, 0) is 24.6 Å². The highest BCUT2D eigenvalue weighted by Crippen LogP contribution is 2.21. The molecule has 1 atom stereocenters. The molecule has 0 aliphatic carbocycles. The molecule has 0 saturated heterocycles. The van der Waals surface area contributed by atoms with E-state index in [1.807, 2.05) is 6.92 Å². The zero-order valence-corrected chi connectivity index (χ0v) is 11.7. The summed E-state index contributed by atoms with van der Waals surface area (Å²) in [4.78, 5) is 23.1. The van der Waals surface area contributed by atoms with Gasteiger partial charge in [0, 0.05) is 18.2 Å². The number of nitrogens with two attached hydrogens (primary N) is 1. The van der Waals surface area contributed by atoms with Gasteiger partial charge in [-0.3, -0.25) is 4.79 Å². The van der Waals surface area contributed by atoms with E-state index < -0.39 is 5.97 Å². The number of amides is 1. The number of carbonyl (C=O) groups is 2. The molecule has 5 nitrogen and oxygen atoms in total. The lowest BCUT2D eigenvalue weighted by Gasteiger charge is -2.10. The number of carbonyl (C=O) groups excluding carboxylic acids is 2. The van der Waals surface area contributed by atoms with Crippen LogP contribution >= 0.6 is 11.6 Å². The van der Waals surface area contributed by atoms with Crippen LogP contribution in [0.4, 0.5) is 5.69 Å². The number of nitrogens with one attached hydrogen (secondary N) is 1. The van der Waals surface area contributed by atoms with E-state index in [0.717, 1.165) is 6.42 Å². The average Bonchev–Trinajstić information content (AvgIpc) is 2.39. The van der Waals surface area contributed by atoms with Crippen LogP contribution in [0.1, 0.15) is 30.1 Å². The molecule has 0 aliphatic rings. The zero-order chi connectivity index (χ0) is 14.4. The Morgan fingerprint density at radius 1 is 1.47 bits per heavy atom. The molecular weight excluding hydrogens is 268 g/mol. The van der Waals surface area contributed by atoms with Gasteiger partial charge >= 0.3 is 5.97 Å². The lowest BCUT2D eigenvalue weighted by Crippen LogP contribution is -2.26. The van der Waals surface area contributed by atoms with Crippen LogP contribution in [0.25, 0.3) is 0 Å². The van der Waals surface area contributed by atoms with Crippen molar-refractivity contribution in [3.63, 3.8) is 0 Å². The number of hydrogen-bond acceptors (Lipinski definition) is 4. The Balaban J connectivity index is 2.80. The highest BCUT2D eigenvalue weighted by Gasteiger charge is 2.13. The van der Waals surface area contributed by atoms with Crippen molar-refractivity contribution in [3.8, 4) is 0 Å². The molecule has 0 fully saturated rings. The molecule has 1 amide bonds. The summed E-state index contributed by atoms with van der Waals surface area (Å²) < 4.78 is 4.60. The fraction of sp³-hybridized carbons (Fsp3) is 0.385. The van der Waals surface area contributed by atoms with Crippen LogP contribution < -0.4 is 11.1 Å². The molecule has 0 bridgehead atoms. The second kappa shape index (κ2) is 7.11. The van der Waals surface area contributed by atoms with Crippen LogP contribution in [0.5, 0.6) is 0 Å². The Labute approximate surface area is 117 Å². The van der Waals surface area contributed by atoms with Gasteiger partial charge < -0.3 is 15.8 Å². The van der Waals surface area contributed by atoms with Crippen molar-refractivity contribution in [1.82, 2.24) is 0 Å². The van der Waals surface area contributed by atoms with Gasteiger partial charge in [0.25, 0.3) is 0 Å². The van der Waals surface area contributed by atoms with E-state index in [-0.39, 0.29) is 29.0 Å². The third kappa shape index (κ3) is 4.54. The Morgan fingerprint density at radius 2 is 2.16 bits per heavy atom. The minimum absolute atomic E-state index is 0.174. The lowest BCUT2D eigenvalue weighted by atomic mass is 10.1. The first-order valence-corrected chi connectivity index (χ1v) is 6.29. The van der Waals surface area contributed by atoms with Gasteiger partial charge in [-0.1, -0.05) is 18.5 Å². The normalized spacial score (nSPS) is 11.8. The number of anilines is 1. The molecule has 3 N–H and O–H groups in total. The number of ether oxygens (including phenoxy) is 1. The molecule has 0 aromatic heterocycles. The molecule has 1 aromatic rings. The molecule has 6 heteroatoms. The van der Waals surface area contributed by atoms with Gasteiger partial charge in [0.1, 0.15) is 0 Å². The zero-order valence-electron chi connectivity index (χ0n) is 10.9. The highest BCUT2D eigenvalue weighted by molar-refractivity contribution is 6.33. The van der Waals surface area contributed by atoms with Gasteiger partial charge in [0.2, 0.25) is 5.91 Å². The molecule has 104 valence electrons. The van der Waals surface area contributed by atoms with Gasteiger partial charge in [-0.15, -0.1) is 0 Å². The largest absolute Gasteiger partial charge is 0.465 e. The van der Waals surface area contributed by atoms with Crippen LogP contribution in [0.15, 0.2) is 18.2 Å². The van der Waals surface area contributed by atoms with Crippen molar-refractivity contribution in [2.75, 3.05) is 12.4 Å². The predicted molar refractivity (Wildman–Crippen MR) is 74.3 cm³/mol. The van der Waals surface area contributed by atoms with Gasteiger partial charge in [0.15, 0.2) is 0 Å². The van der Waals surface area contributed by atoms with Crippen LogP contribution in [0, 0.1) is 0 Å². The van der Waals surface area contributed by atoms with E-state index in [4.69, 9.17) is 17.3 Å². The number of esters is 1. The summed E-state index contributed by atoms with van der Waals surface area (Å²) in [5.41, 5.74) is 6.39. The number of hydrogen-bond donors (Lipinski definition) is 2. The van der Waals surface area contributed by atoms with Crippen molar-refractivity contribution in [1.29, 1.82) is 0 Å². The molecule has 0 heterocycles. The van der Waals surface area contributed by atoms with Crippen molar-refractivity contribution in [3.05, 3.63) is 28.8 Å². The molecule has 0 spiro atoms. The molecule has 0 aliphatic heterocycles. The SMILES string of the molecule is CCC(N)CC(=O)Nc1ccc(Cl)c(C(=O)OC)c1. The molecule has 1 aromatic carbocycles. The van der Waals surface area contributed by atoms with E-state index >= 15 is 0 Å². The number of rotatable bonds is 5. The monoisotopic (exact) mass is 284 g/mol. The number of halogens is 1. The first-order valence-electron chi connectivity index (χ1n) is 5.91. The van der Waals surface area contributed by atoms with Crippen molar-refractivity contribution in [2.45, 2.75) is 25.8 Å². The molecule has 1 rings (SSSR count). The van der Waals surface area contributed by atoms with E-state index in [2.05, 4.69) is 10.1 Å². The van der Waals surface area contributed by atoms with Crippen LogP contribution in [0.3, 0.4) is 0 Å². The number of methoxy groups -OCH3 is 1. The first kappa shape index (κ1) is 15.5.